The van der Waals surface area contributed by atoms with E-state index in [1.54, 1.807) is 24.3 Å². The molecule has 0 spiro atoms. The van der Waals surface area contributed by atoms with Crippen molar-refractivity contribution < 1.29 is 24.2 Å². The normalized spacial score (nSPS) is 16.5. The highest BCUT2D eigenvalue weighted by Gasteiger charge is 2.33. The number of nitrogens with one attached hydrogen (secondary N) is 1. The lowest BCUT2D eigenvalue weighted by atomic mass is 10.1. The maximum absolute atomic E-state index is 12.8. The van der Waals surface area contributed by atoms with E-state index in [1.807, 2.05) is 30.3 Å². The summed E-state index contributed by atoms with van der Waals surface area (Å²) in [6.07, 6.45) is -1.25. The van der Waals surface area contributed by atoms with Gasteiger partial charge in [0.05, 0.1) is 12.1 Å². The Hall–Kier alpha value is -3.35. The van der Waals surface area contributed by atoms with Gasteiger partial charge in [0.25, 0.3) is 5.91 Å². The topological polar surface area (TPSA) is 95.9 Å². The maximum atomic E-state index is 12.8. The van der Waals surface area contributed by atoms with Crippen LogP contribution in [-0.4, -0.2) is 39.9 Å². The predicted molar refractivity (Wildman–Crippen MR) is 98.2 cm³/mol. The second kappa shape index (κ2) is 7.90. The third-order valence-electron chi connectivity index (χ3n) is 4.41. The maximum Gasteiger partial charge on any atom is 0.326 e. The minimum absolute atomic E-state index is 0.137. The van der Waals surface area contributed by atoms with E-state index in [4.69, 9.17) is 4.74 Å². The number of carboxylic acid groups (broad SMARTS) is 1. The van der Waals surface area contributed by atoms with Gasteiger partial charge in [-0.25, -0.2) is 4.79 Å². The molecule has 2 atom stereocenters. The molecule has 0 aromatic heterocycles. The number of hydrogen-bond donors (Lipinski definition) is 2. The number of carbonyl (C=O) groups is 3. The molecule has 0 fully saturated rings. The molecular formula is C20H20N2O5. The van der Waals surface area contributed by atoms with Crippen LogP contribution in [0.25, 0.3) is 0 Å². The number of amides is 2. The van der Waals surface area contributed by atoms with Gasteiger partial charge in [0, 0.05) is 6.54 Å². The molecule has 3 rings (SSSR count). The Morgan fingerprint density at radius 2 is 1.81 bits per heavy atom. The van der Waals surface area contributed by atoms with E-state index in [1.165, 1.54) is 11.8 Å². The SMILES string of the molecule is CC(C(=O)O)N(Cc1ccccc1)C(=O)CC1Oc2ccccc2NC1=O. The standard InChI is InChI=1S/C20H20N2O5/c1-13(20(25)26)22(12-14-7-3-2-4-8-14)18(23)11-17-19(24)21-15-9-5-6-10-16(15)27-17/h2-10,13,17H,11-12H2,1H3,(H,21,24)(H,25,26). The van der Waals surface area contributed by atoms with Crippen molar-refractivity contribution in [1.82, 2.24) is 4.90 Å². The first-order valence-electron chi connectivity index (χ1n) is 8.58. The highest BCUT2D eigenvalue weighted by atomic mass is 16.5. The average molecular weight is 368 g/mol. The number of aliphatic carboxylic acids is 1. The number of para-hydroxylation sites is 2. The van der Waals surface area contributed by atoms with Crippen molar-refractivity contribution >= 4 is 23.5 Å². The van der Waals surface area contributed by atoms with Crippen molar-refractivity contribution in [1.29, 1.82) is 0 Å². The number of anilines is 1. The summed E-state index contributed by atoms with van der Waals surface area (Å²) in [5.41, 5.74) is 1.35. The van der Waals surface area contributed by atoms with Gasteiger partial charge in [-0.1, -0.05) is 42.5 Å². The van der Waals surface area contributed by atoms with Crippen LogP contribution in [0.4, 0.5) is 5.69 Å². The summed E-state index contributed by atoms with van der Waals surface area (Å²) in [5.74, 6) is -1.52. The van der Waals surface area contributed by atoms with Gasteiger partial charge in [0.2, 0.25) is 5.91 Å². The molecule has 2 amide bonds. The molecule has 0 aliphatic carbocycles. The second-order valence-corrected chi connectivity index (χ2v) is 6.32. The fraction of sp³-hybridized carbons (Fsp3) is 0.250. The molecule has 27 heavy (non-hydrogen) atoms. The number of ether oxygens (including phenoxy) is 1. The number of carboxylic acids is 1. The van der Waals surface area contributed by atoms with Gasteiger partial charge in [-0.3, -0.25) is 9.59 Å². The van der Waals surface area contributed by atoms with Crippen LogP contribution in [0.1, 0.15) is 18.9 Å². The fourth-order valence-electron chi connectivity index (χ4n) is 2.86. The van der Waals surface area contributed by atoms with Crippen LogP contribution in [0, 0.1) is 0 Å². The van der Waals surface area contributed by atoms with Gasteiger partial charge in [-0.2, -0.15) is 0 Å². The molecule has 2 aromatic rings. The molecular weight excluding hydrogens is 348 g/mol. The molecule has 0 saturated carbocycles. The van der Waals surface area contributed by atoms with Crippen molar-refractivity contribution in [2.24, 2.45) is 0 Å². The fourth-order valence-corrected chi connectivity index (χ4v) is 2.86. The molecule has 0 radical (unpaired) electrons. The van der Waals surface area contributed by atoms with E-state index < -0.39 is 29.9 Å². The molecule has 1 aliphatic rings. The minimum atomic E-state index is -1.11. The molecule has 2 unspecified atom stereocenters. The summed E-state index contributed by atoms with van der Waals surface area (Å²) >= 11 is 0. The summed E-state index contributed by atoms with van der Waals surface area (Å²) in [6.45, 7) is 1.58. The van der Waals surface area contributed by atoms with Crippen molar-refractivity contribution in [3.8, 4) is 5.75 Å². The number of nitrogens with zero attached hydrogens (tertiary/aromatic N) is 1. The van der Waals surface area contributed by atoms with Crippen molar-refractivity contribution in [3.05, 3.63) is 60.2 Å². The number of carbonyl (C=O) groups excluding carboxylic acids is 2. The lowest BCUT2D eigenvalue weighted by Gasteiger charge is -2.30. The summed E-state index contributed by atoms with van der Waals surface area (Å²) in [5, 5.41) is 12.1. The highest BCUT2D eigenvalue weighted by molar-refractivity contribution is 6.00. The third kappa shape index (κ3) is 4.25. The van der Waals surface area contributed by atoms with Crippen molar-refractivity contribution in [2.75, 3.05) is 5.32 Å². The molecule has 1 aliphatic heterocycles. The first-order chi connectivity index (χ1) is 13.0. The Bertz CT molecular complexity index is 852. The zero-order chi connectivity index (χ0) is 19.4. The number of fused-ring (bicyclic) bond motifs is 1. The minimum Gasteiger partial charge on any atom is -0.480 e. The Morgan fingerprint density at radius 3 is 2.52 bits per heavy atom. The first-order valence-corrected chi connectivity index (χ1v) is 8.58. The van der Waals surface area contributed by atoms with Crippen molar-refractivity contribution in [3.63, 3.8) is 0 Å². The summed E-state index contributed by atoms with van der Waals surface area (Å²) in [7, 11) is 0. The second-order valence-electron chi connectivity index (χ2n) is 6.32. The largest absolute Gasteiger partial charge is 0.480 e. The van der Waals surface area contributed by atoms with Crippen LogP contribution in [0.5, 0.6) is 5.75 Å². The van der Waals surface area contributed by atoms with Gasteiger partial charge in [-0.05, 0) is 24.6 Å². The van der Waals surface area contributed by atoms with E-state index in [0.29, 0.717) is 11.4 Å². The van der Waals surface area contributed by atoms with Gasteiger partial charge in [-0.15, -0.1) is 0 Å². The van der Waals surface area contributed by atoms with Gasteiger partial charge >= 0.3 is 5.97 Å². The van der Waals surface area contributed by atoms with E-state index in [0.717, 1.165) is 5.56 Å². The Labute approximate surface area is 156 Å². The van der Waals surface area contributed by atoms with Crippen LogP contribution < -0.4 is 10.1 Å². The molecule has 140 valence electrons. The van der Waals surface area contributed by atoms with Crippen LogP contribution in [-0.2, 0) is 20.9 Å². The van der Waals surface area contributed by atoms with Crippen molar-refractivity contribution in [2.45, 2.75) is 32.0 Å². The summed E-state index contributed by atoms with van der Waals surface area (Å²) in [6, 6.07) is 15.0. The Balaban J connectivity index is 1.76. The predicted octanol–water partition coefficient (Wildman–Crippen LogP) is 2.28. The zero-order valence-corrected chi connectivity index (χ0v) is 14.8. The third-order valence-corrected chi connectivity index (χ3v) is 4.41. The van der Waals surface area contributed by atoms with E-state index in [9.17, 15) is 19.5 Å². The van der Waals surface area contributed by atoms with E-state index >= 15 is 0 Å². The van der Waals surface area contributed by atoms with Gasteiger partial charge < -0.3 is 20.1 Å². The van der Waals surface area contributed by atoms with E-state index in [-0.39, 0.29) is 13.0 Å². The number of hydrogen-bond acceptors (Lipinski definition) is 4. The Kier molecular flexibility index (Phi) is 5.40. The lowest BCUT2D eigenvalue weighted by molar-refractivity contribution is -0.151. The molecule has 7 nitrogen and oxygen atoms in total. The Morgan fingerprint density at radius 1 is 1.15 bits per heavy atom. The molecule has 7 heteroatoms. The quantitative estimate of drug-likeness (QED) is 0.815. The molecule has 2 N–H and O–H groups in total. The summed E-state index contributed by atoms with van der Waals surface area (Å²) in [4.78, 5) is 37.8. The molecule has 2 aromatic carbocycles. The van der Waals surface area contributed by atoms with Crippen LogP contribution >= 0.6 is 0 Å². The first kappa shape index (κ1) is 18.4. The van der Waals surface area contributed by atoms with Crippen LogP contribution in [0.3, 0.4) is 0 Å². The van der Waals surface area contributed by atoms with Gasteiger partial charge in [0.1, 0.15) is 11.8 Å². The monoisotopic (exact) mass is 368 g/mol. The average Bonchev–Trinajstić information content (AvgIpc) is 2.66. The molecule has 1 heterocycles. The molecule has 0 saturated heterocycles. The zero-order valence-electron chi connectivity index (χ0n) is 14.8. The van der Waals surface area contributed by atoms with Gasteiger partial charge in [0.15, 0.2) is 6.10 Å². The van der Waals surface area contributed by atoms with E-state index in [2.05, 4.69) is 5.32 Å². The number of benzene rings is 2. The molecule has 0 bridgehead atoms. The van der Waals surface area contributed by atoms with Crippen LogP contribution in [0.2, 0.25) is 0 Å². The lowest BCUT2D eigenvalue weighted by Crippen LogP contribution is -2.46. The number of rotatable bonds is 6. The highest BCUT2D eigenvalue weighted by Crippen LogP contribution is 2.30. The summed E-state index contributed by atoms with van der Waals surface area (Å²) < 4.78 is 5.65. The van der Waals surface area contributed by atoms with Crippen LogP contribution in [0.15, 0.2) is 54.6 Å². The smallest absolute Gasteiger partial charge is 0.326 e.